The third kappa shape index (κ3) is 3.69. The number of ketones is 1. The molecule has 0 saturated heterocycles. The molecule has 0 amide bonds. The van der Waals surface area contributed by atoms with E-state index in [-0.39, 0.29) is 30.8 Å². The van der Waals surface area contributed by atoms with Gasteiger partial charge in [-0.15, -0.1) is 0 Å². The van der Waals surface area contributed by atoms with Gasteiger partial charge < -0.3 is 14.6 Å². The second-order valence-electron chi connectivity index (χ2n) is 12.7. The number of carbonyl (C=O) groups is 3. The van der Waals surface area contributed by atoms with E-state index in [9.17, 15) is 19.5 Å². The van der Waals surface area contributed by atoms with Crippen molar-refractivity contribution in [1.82, 2.24) is 0 Å². The minimum Gasteiger partial charge on any atom is -0.447 e. The molecule has 9 atom stereocenters. The fraction of sp³-hybridized carbons (Fsp3) is 0.733. The molecule has 0 unspecified atom stereocenters. The Labute approximate surface area is 227 Å². The first-order chi connectivity index (χ1) is 18.4. The SMILES string of the molecule is C[C@@H]1C[C@H]2[C@@H]3C[C@H](F)C4=CC(=O)C=C[C@]4(C)[C@@]3(F)[C@H](O)C[C@]2(C)[C@@]1(OC(=O)C1CCCCC1)C(=O)OCC#N. The van der Waals surface area contributed by atoms with E-state index in [1.165, 1.54) is 19.1 Å². The standard InChI is InChI=1S/C30H37F2NO6/c1-17-13-20-21-15-23(31)22-14-19(34)9-10-27(22,2)29(21,32)24(35)16-28(20,3)30(17,26(37)38-12-11-33)39-25(36)18-7-5-4-6-8-18/h9-10,14,17-18,20-21,23-24,35H,4-8,12-13,15-16H2,1-3H3/t17-,20+,21+,23+,24-,27+,28+,29+,30+/m1/s1. The van der Waals surface area contributed by atoms with E-state index in [1.807, 2.05) is 0 Å². The van der Waals surface area contributed by atoms with Crippen molar-refractivity contribution in [3.8, 4) is 6.07 Å². The molecule has 4 saturated carbocycles. The summed E-state index contributed by atoms with van der Waals surface area (Å²) < 4.78 is 44.7. The highest BCUT2D eigenvalue weighted by Gasteiger charge is 2.78. The van der Waals surface area contributed by atoms with Crippen LogP contribution in [0.1, 0.15) is 72.1 Å². The lowest BCUT2D eigenvalue weighted by Crippen LogP contribution is -2.71. The van der Waals surface area contributed by atoms with Gasteiger partial charge in [-0.05, 0) is 62.7 Å². The van der Waals surface area contributed by atoms with Gasteiger partial charge in [0, 0.05) is 22.7 Å². The molecule has 1 N–H and O–H groups in total. The molecule has 5 aliphatic carbocycles. The zero-order valence-electron chi connectivity index (χ0n) is 22.8. The Bertz CT molecular complexity index is 1170. The largest absolute Gasteiger partial charge is 0.447 e. The van der Waals surface area contributed by atoms with Crippen molar-refractivity contribution in [1.29, 1.82) is 5.26 Å². The summed E-state index contributed by atoms with van der Waals surface area (Å²) in [5.74, 6) is -4.52. The quantitative estimate of drug-likeness (QED) is 0.518. The van der Waals surface area contributed by atoms with Crippen LogP contribution in [0.25, 0.3) is 0 Å². The summed E-state index contributed by atoms with van der Waals surface area (Å²) in [6.07, 6.45) is 4.20. The molecule has 0 spiro atoms. The summed E-state index contributed by atoms with van der Waals surface area (Å²) in [6.45, 7) is 4.40. The highest BCUT2D eigenvalue weighted by Crippen LogP contribution is 2.71. The number of aliphatic hydroxyl groups excluding tert-OH is 1. The predicted octanol–water partition coefficient (Wildman–Crippen LogP) is 4.48. The Hall–Kier alpha value is -2.60. The van der Waals surface area contributed by atoms with Crippen LogP contribution < -0.4 is 0 Å². The maximum absolute atomic E-state index is 17.5. The molecule has 39 heavy (non-hydrogen) atoms. The molecule has 5 aliphatic rings. The van der Waals surface area contributed by atoms with Crippen molar-refractivity contribution < 1.29 is 37.7 Å². The number of fused-ring (bicyclic) bond motifs is 5. The van der Waals surface area contributed by atoms with E-state index in [0.717, 1.165) is 25.3 Å². The van der Waals surface area contributed by atoms with Crippen molar-refractivity contribution in [2.75, 3.05) is 6.61 Å². The maximum atomic E-state index is 17.5. The summed E-state index contributed by atoms with van der Waals surface area (Å²) in [7, 11) is 0. The summed E-state index contributed by atoms with van der Waals surface area (Å²) in [4.78, 5) is 39.4. The van der Waals surface area contributed by atoms with Gasteiger partial charge in [0.05, 0.1) is 12.0 Å². The first kappa shape index (κ1) is 27.9. The molecule has 5 rings (SSSR count). The number of hydrogen-bond acceptors (Lipinski definition) is 7. The zero-order valence-corrected chi connectivity index (χ0v) is 22.8. The average Bonchev–Trinajstić information content (AvgIpc) is 3.12. The van der Waals surface area contributed by atoms with E-state index < -0.39 is 76.5 Å². The minimum absolute atomic E-state index is 0.0193. The molecule has 0 heterocycles. The first-order valence-electron chi connectivity index (χ1n) is 14.1. The zero-order chi connectivity index (χ0) is 28.4. The molecule has 0 aromatic rings. The van der Waals surface area contributed by atoms with Crippen LogP contribution in [0.3, 0.4) is 0 Å². The van der Waals surface area contributed by atoms with Crippen LogP contribution in [0.5, 0.6) is 0 Å². The molecule has 9 heteroatoms. The smallest absolute Gasteiger partial charge is 0.352 e. The number of esters is 2. The molecular weight excluding hydrogens is 508 g/mol. The molecule has 0 aromatic heterocycles. The van der Waals surface area contributed by atoms with Gasteiger partial charge in [-0.2, -0.15) is 5.26 Å². The summed E-state index contributed by atoms with van der Waals surface area (Å²) in [6, 6.07) is 1.78. The monoisotopic (exact) mass is 545 g/mol. The van der Waals surface area contributed by atoms with Crippen LogP contribution in [0.15, 0.2) is 23.8 Å². The molecule has 7 nitrogen and oxygen atoms in total. The second kappa shape index (κ2) is 9.50. The number of allylic oxidation sites excluding steroid dienone is 4. The van der Waals surface area contributed by atoms with E-state index in [0.29, 0.717) is 12.8 Å². The average molecular weight is 546 g/mol. The van der Waals surface area contributed by atoms with Gasteiger partial charge in [-0.1, -0.05) is 39.2 Å². The molecular formula is C30H37F2NO6. The number of carbonyl (C=O) groups excluding carboxylic acids is 3. The normalized spacial score (nSPS) is 45.3. The van der Waals surface area contributed by atoms with Crippen LogP contribution in [0.4, 0.5) is 8.78 Å². The van der Waals surface area contributed by atoms with E-state index in [1.54, 1.807) is 19.9 Å². The summed E-state index contributed by atoms with van der Waals surface area (Å²) in [5.41, 5.74) is -7.01. The molecule has 0 aromatic carbocycles. The minimum atomic E-state index is -2.32. The number of ether oxygens (including phenoxy) is 2. The molecule has 0 aliphatic heterocycles. The van der Waals surface area contributed by atoms with Crippen LogP contribution in [0.2, 0.25) is 0 Å². The van der Waals surface area contributed by atoms with E-state index >= 15 is 8.78 Å². The van der Waals surface area contributed by atoms with E-state index in [2.05, 4.69) is 0 Å². The van der Waals surface area contributed by atoms with Crippen molar-refractivity contribution in [2.45, 2.75) is 95.7 Å². The first-order valence-corrected chi connectivity index (χ1v) is 14.1. The number of aliphatic hydroxyl groups is 1. The predicted molar refractivity (Wildman–Crippen MR) is 135 cm³/mol. The lowest BCUT2D eigenvalue weighted by molar-refractivity contribution is -0.240. The van der Waals surface area contributed by atoms with Gasteiger partial charge in [-0.25, -0.2) is 13.6 Å². The van der Waals surface area contributed by atoms with Gasteiger partial charge in [0.15, 0.2) is 18.1 Å². The number of halogens is 2. The van der Waals surface area contributed by atoms with Crippen LogP contribution in [-0.4, -0.2) is 53.0 Å². The van der Waals surface area contributed by atoms with Crippen molar-refractivity contribution in [3.05, 3.63) is 23.8 Å². The summed E-state index contributed by atoms with van der Waals surface area (Å²) >= 11 is 0. The topological polar surface area (TPSA) is 114 Å². The van der Waals surface area contributed by atoms with Gasteiger partial charge in [0.2, 0.25) is 5.60 Å². The van der Waals surface area contributed by atoms with E-state index in [4.69, 9.17) is 14.7 Å². The Morgan fingerprint density at radius 2 is 1.87 bits per heavy atom. The van der Waals surface area contributed by atoms with Gasteiger partial charge in [-0.3, -0.25) is 9.59 Å². The highest BCUT2D eigenvalue weighted by molar-refractivity contribution is 6.01. The summed E-state index contributed by atoms with van der Waals surface area (Å²) in [5, 5.41) is 20.7. The number of alkyl halides is 2. The van der Waals surface area contributed by atoms with Crippen molar-refractivity contribution in [3.63, 3.8) is 0 Å². The second-order valence-corrected chi connectivity index (χ2v) is 12.7. The lowest BCUT2D eigenvalue weighted by Gasteiger charge is -2.63. The van der Waals surface area contributed by atoms with Crippen molar-refractivity contribution in [2.24, 2.45) is 34.5 Å². The van der Waals surface area contributed by atoms with Gasteiger partial charge >= 0.3 is 11.9 Å². The van der Waals surface area contributed by atoms with Crippen LogP contribution >= 0.6 is 0 Å². The maximum Gasteiger partial charge on any atom is 0.352 e. The van der Waals surface area contributed by atoms with Gasteiger partial charge in [0.25, 0.3) is 0 Å². The van der Waals surface area contributed by atoms with Crippen molar-refractivity contribution >= 4 is 17.7 Å². The molecule has 212 valence electrons. The fourth-order valence-electron chi connectivity index (χ4n) is 9.00. The number of nitriles is 1. The highest BCUT2D eigenvalue weighted by atomic mass is 19.1. The number of rotatable bonds is 4. The van der Waals surface area contributed by atoms with Crippen LogP contribution in [0, 0.1) is 45.8 Å². The number of nitrogens with zero attached hydrogens (tertiary/aromatic N) is 1. The van der Waals surface area contributed by atoms with Crippen LogP contribution in [-0.2, 0) is 23.9 Å². The molecule has 0 radical (unpaired) electrons. The Kier molecular flexibility index (Phi) is 6.81. The number of hydrogen-bond donors (Lipinski definition) is 1. The fourth-order valence-corrected chi connectivity index (χ4v) is 9.00. The third-order valence-corrected chi connectivity index (χ3v) is 10.9. The van der Waals surface area contributed by atoms with Gasteiger partial charge in [0.1, 0.15) is 12.2 Å². The Balaban J connectivity index is 1.60. The molecule has 4 fully saturated rings. The lowest BCUT2D eigenvalue weighted by atomic mass is 9.44. The Morgan fingerprint density at radius 1 is 1.18 bits per heavy atom. The molecule has 0 bridgehead atoms. The third-order valence-electron chi connectivity index (χ3n) is 10.9. The Morgan fingerprint density at radius 3 is 2.54 bits per heavy atom.